The molecule has 188 valence electrons. The highest BCUT2D eigenvalue weighted by molar-refractivity contribution is 6.03. The Morgan fingerprint density at radius 2 is 2.08 bits per heavy atom. The fourth-order valence-electron chi connectivity index (χ4n) is 4.79. The van der Waals surface area contributed by atoms with Crippen molar-refractivity contribution in [3.05, 3.63) is 46.6 Å². The van der Waals surface area contributed by atoms with Crippen LogP contribution < -0.4 is 16.2 Å². The number of hydrogen-bond acceptors (Lipinski definition) is 8. The number of aliphatic hydroxyl groups excluding tert-OH is 1. The SMILES string of the molecule is CNc1cc(Nc2cccn(C3CCC(O)C3)c2=O)nn2c(C(=O)/N=C/C3CCN(C)C3=O)cnc12. The van der Waals surface area contributed by atoms with Gasteiger partial charge in [0, 0.05) is 45.2 Å². The third-order valence-corrected chi connectivity index (χ3v) is 6.80. The van der Waals surface area contributed by atoms with Crippen LogP contribution in [0.2, 0.25) is 0 Å². The molecule has 0 spiro atoms. The van der Waals surface area contributed by atoms with Crippen LogP contribution in [0.1, 0.15) is 42.2 Å². The molecule has 5 rings (SSSR count). The third kappa shape index (κ3) is 4.35. The normalized spacial score (nSPS) is 22.1. The zero-order chi connectivity index (χ0) is 25.4. The molecule has 2 aliphatic rings. The van der Waals surface area contributed by atoms with E-state index in [0.29, 0.717) is 48.6 Å². The molecule has 12 nitrogen and oxygen atoms in total. The molecule has 1 aliphatic heterocycles. The van der Waals surface area contributed by atoms with Crippen LogP contribution in [0.25, 0.3) is 5.65 Å². The summed E-state index contributed by atoms with van der Waals surface area (Å²) in [6.07, 6.45) is 6.67. The molecule has 3 unspecified atom stereocenters. The first-order valence-electron chi connectivity index (χ1n) is 11.9. The zero-order valence-corrected chi connectivity index (χ0v) is 20.1. The van der Waals surface area contributed by atoms with Crippen LogP contribution in [0.4, 0.5) is 17.2 Å². The van der Waals surface area contributed by atoms with Gasteiger partial charge in [-0.1, -0.05) is 0 Å². The monoisotopic (exact) mass is 492 g/mol. The standard InChI is InChI=1S/C24H28N8O4/c1-25-18-11-20(28-17-4-3-8-31(24(17)36)15-5-6-16(33)10-15)29-32-19(13-26-21(18)32)22(34)27-12-14-7-9-30(2)23(14)35/h3-4,8,11-16,25,33H,5-7,9-10H2,1-2H3,(H,28,29)/b27-12+. The molecule has 1 saturated carbocycles. The summed E-state index contributed by atoms with van der Waals surface area (Å²) in [5.41, 5.74) is 1.25. The van der Waals surface area contributed by atoms with Gasteiger partial charge in [0.1, 0.15) is 5.69 Å². The number of carbonyl (C=O) groups excluding carboxylic acids is 2. The van der Waals surface area contributed by atoms with Gasteiger partial charge in [-0.3, -0.25) is 14.4 Å². The Hall–Kier alpha value is -4.06. The number of aromatic nitrogens is 4. The van der Waals surface area contributed by atoms with Crippen LogP contribution >= 0.6 is 0 Å². The van der Waals surface area contributed by atoms with E-state index in [-0.39, 0.29) is 23.2 Å². The van der Waals surface area contributed by atoms with E-state index in [1.807, 2.05) is 0 Å². The van der Waals surface area contributed by atoms with E-state index < -0.39 is 17.9 Å². The van der Waals surface area contributed by atoms with E-state index in [2.05, 4.69) is 25.7 Å². The van der Waals surface area contributed by atoms with E-state index in [0.717, 1.165) is 6.42 Å². The van der Waals surface area contributed by atoms with Crippen molar-refractivity contribution < 1.29 is 14.7 Å². The highest BCUT2D eigenvalue weighted by Gasteiger charge is 2.28. The van der Waals surface area contributed by atoms with Gasteiger partial charge in [0.2, 0.25) is 5.91 Å². The Morgan fingerprint density at radius 1 is 1.25 bits per heavy atom. The molecule has 0 bridgehead atoms. The van der Waals surface area contributed by atoms with Gasteiger partial charge in [0.15, 0.2) is 17.2 Å². The van der Waals surface area contributed by atoms with E-state index in [1.165, 1.54) is 16.9 Å². The van der Waals surface area contributed by atoms with Crippen LogP contribution in [-0.2, 0) is 4.79 Å². The summed E-state index contributed by atoms with van der Waals surface area (Å²) >= 11 is 0. The highest BCUT2D eigenvalue weighted by atomic mass is 16.3. The number of aliphatic hydroxyl groups is 1. The topological polar surface area (TPSA) is 146 Å². The molecule has 4 heterocycles. The highest BCUT2D eigenvalue weighted by Crippen LogP contribution is 2.29. The minimum Gasteiger partial charge on any atom is -0.393 e. The molecule has 36 heavy (non-hydrogen) atoms. The summed E-state index contributed by atoms with van der Waals surface area (Å²) in [5, 5.41) is 20.5. The zero-order valence-electron chi connectivity index (χ0n) is 20.1. The number of nitrogens with one attached hydrogen (secondary N) is 2. The molecule has 1 saturated heterocycles. The van der Waals surface area contributed by atoms with Gasteiger partial charge in [0.05, 0.1) is 23.9 Å². The summed E-state index contributed by atoms with van der Waals surface area (Å²) in [6.45, 7) is 0.629. The van der Waals surface area contributed by atoms with Crippen LogP contribution in [-0.4, -0.2) is 73.9 Å². The minimum atomic E-state index is -0.571. The smallest absolute Gasteiger partial charge is 0.296 e. The van der Waals surface area contributed by atoms with Gasteiger partial charge in [-0.15, -0.1) is 5.10 Å². The second-order valence-electron chi connectivity index (χ2n) is 9.19. The van der Waals surface area contributed by atoms with Crippen molar-refractivity contribution in [3.8, 4) is 0 Å². The van der Waals surface area contributed by atoms with Gasteiger partial charge in [0.25, 0.3) is 11.5 Å². The first-order valence-corrected chi connectivity index (χ1v) is 11.9. The number of pyridine rings is 1. The Balaban J connectivity index is 1.44. The first kappa shape index (κ1) is 23.7. The maximum Gasteiger partial charge on any atom is 0.296 e. The lowest BCUT2D eigenvalue weighted by Gasteiger charge is -2.15. The maximum absolute atomic E-state index is 13.1. The second kappa shape index (κ2) is 9.53. The molecule has 3 atom stereocenters. The molecule has 2 amide bonds. The summed E-state index contributed by atoms with van der Waals surface area (Å²) in [5.74, 6) is -0.722. The quantitative estimate of drug-likeness (QED) is 0.438. The molecular formula is C24H28N8O4. The second-order valence-corrected chi connectivity index (χ2v) is 9.19. The number of likely N-dealkylation sites (tertiary alicyclic amines) is 1. The number of amides is 2. The van der Waals surface area contributed by atoms with Crippen molar-refractivity contribution in [2.75, 3.05) is 31.3 Å². The minimum absolute atomic E-state index is 0.0557. The molecule has 1 aliphatic carbocycles. The van der Waals surface area contributed by atoms with Gasteiger partial charge in [-0.05, 0) is 37.8 Å². The van der Waals surface area contributed by atoms with Gasteiger partial charge in [-0.2, -0.15) is 0 Å². The van der Waals surface area contributed by atoms with Crippen LogP contribution in [0.3, 0.4) is 0 Å². The third-order valence-electron chi connectivity index (χ3n) is 6.80. The molecule has 0 radical (unpaired) electrons. The van der Waals surface area contributed by atoms with Crippen LogP contribution in [0.5, 0.6) is 0 Å². The number of rotatable bonds is 6. The molecule has 12 heteroatoms. The Kier molecular flexibility index (Phi) is 6.27. The molecule has 2 fully saturated rings. The largest absolute Gasteiger partial charge is 0.393 e. The van der Waals surface area contributed by atoms with Crippen molar-refractivity contribution in [1.29, 1.82) is 0 Å². The molecule has 3 aromatic rings. The van der Waals surface area contributed by atoms with E-state index in [9.17, 15) is 19.5 Å². The number of hydrogen-bond donors (Lipinski definition) is 3. The summed E-state index contributed by atoms with van der Waals surface area (Å²) < 4.78 is 3.00. The first-order chi connectivity index (χ1) is 17.4. The molecule has 3 aromatic heterocycles. The van der Waals surface area contributed by atoms with Gasteiger partial charge < -0.3 is 25.2 Å². The summed E-state index contributed by atoms with van der Waals surface area (Å²) in [6, 6.07) is 5.08. The Labute approximate surface area is 206 Å². The lowest BCUT2D eigenvalue weighted by Crippen LogP contribution is -2.25. The Bertz CT molecular complexity index is 1410. The number of anilines is 3. The molecule has 0 aromatic carbocycles. The lowest BCUT2D eigenvalue weighted by atomic mass is 10.1. The number of nitrogens with zero attached hydrogens (tertiary/aromatic N) is 6. The molecule has 3 N–H and O–H groups in total. The predicted molar refractivity (Wildman–Crippen MR) is 134 cm³/mol. The number of imidazole rings is 1. The Morgan fingerprint density at radius 3 is 2.78 bits per heavy atom. The van der Waals surface area contributed by atoms with Crippen molar-refractivity contribution >= 4 is 40.9 Å². The average Bonchev–Trinajstić information content (AvgIpc) is 3.58. The van der Waals surface area contributed by atoms with E-state index in [1.54, 1.807) is 48.0 Å². The van der Waals surface area contributed by atoms with E-state index >= 15 is 0 Å². The van der Waals surface area contributed by atoms with Crippen LogP contribution in [0.15, 0.2) is 40.4 Å². The average molecular weight is 493 g/mol. The summed E-state index contributed by atoms with van der Waals surface area (Å²) in [4.78, 5) is 48.0. The number of carbonyl (C=O) groups is 2. The fraction of sp³-hybridized carbons (Fsp3) is 0.417. The lowest BCUT2D eigenvalue weighted by molar-refractivity contribution is -0.128. The fourth-order valence-corrected chi connectivity index (χ4v) is 4.79. The number of aliphatic imine (C=N–C) groups is 1. The van der Waals surface area contributed by atoms with Crippen molar-refractivity contribution in [2.45, 2.75) is 37.8 Å². The van der Waals surface area contributed by atoms with Gasteiger partial charge in [-0.25, -0.2) is 14.5 Å². The predicted octanol–water partition coefficient (Wildman–Crippen LogP) is 1.45. The van der Waals surface area contributed by atoms with Crippen molar-refractivity contribution in [3.63, 3.8) is 0 Å². The maximum atomic E-state index is 13.1. The van der Waals surface area contributed by atoms with Gasteiger partial charge >= 0.3 is 0 Å². The number of fused-ring (bicyclic) bond motifs is 1. The molecular weight excluding hydrogens is 464 g/mol. The van der Waals surface area contributed by atoms with Crippen molar-refractivity contribution in [2.24, 2.45) is 10.9 Å². The van der Waals surface area contributed by atoms with E-state index in [4.69, 9.17) is 0 Å². The van der Waals surface area contributed by atoms with Crippen molar-refractivity contribution in [1.82, 2.24) is 24.1 Å². The van der Waals surface area contributed by atoms with Crippen LogP contribution in [0, 0.1) is 5.92 Å². The summed E-state index contributed by atoms with van der Waals surface area (Å²) in [7, 11) is 3.44.